The first-order valence-corrected chi connectivity index (χ1v) is 10.5. The van der Waals surface area contributed by atoms with Gasteiger partial charge in [0.25, 0.3) is 0 Å². The zero-order valence-electron chi connectivity index (χ0n) is 16.6. The summed E-state index contributed by atoms with van der Waals surface area (Å²) in [7, 11) is 1.63. The molecule has 1 saturated carbocycles. The molecule has 9 nitrogen and oxygen atoms in total. The minimum atomic E-state index is 0.400. The highest BCUT2D eigenvalue weighted by molar-refractivity contribution is 7.11. The van der Waals surface area contributed by atoms with Crippen molar-refractivity contribution in [2.45, 2.75) is 25.8 Å². The molecule has 4 aromatic rings. The van der Waals surface area contributed by atoms with Crippen LogP contribution in [0.4, 0.5) is 5.82 Å². The van der Waals surface area contributed by atoms with E-state index < -0.39 is 0 Å². The van der Waals surface area contributed by atoms with Gasteiger partial charge in [-0.05, 0) is 19.4 Å². The van der Waals surface area contributed by atoms with Crippen molar-refractivity contribution in [2.24, 2.45) is 5.92 Å². The molecule has 1 aliphatic rings. The predicted molar refractivity (Wildman–Crippen MR) is 112 cm³/mol. The van der Waals surface area contributed by atoms with Crippen molar-refractivity contribution in [3.05, 3.63) is 52.2 Å². The lowest BCUT2D eigenvalue weighted by molar-refractivity contribution is 0.286. The SMILES string of the molecule is COc1cccc(C2CC2COc2cc(NCc3nnc(C)s3)n3nccc3n2)n1. The van der Waals surface area contributed by atoms with Crippen molar-refractivity contribution in [1.29, 1.82) is 0 Å². The van der Waals surface area contributed by atoms with Gasteiger partial charge in [-0.1, -0.05) is 17.4 Å². The van der Waals surface area contributed by atoms with Crippen LogP contribution in [0, 0.1) is 12.8 Å². The van der Waals surface area contributed by atoms with Gasteiger partial charge in [0.15, 0.2) is 5.65 Å². The molecule has 0 amide bonds. The van der Waals surface area contributed by atoms with Crippen LogP contribution >= 0.6 is 11.3 Å². The molecule has 1 aliphatic carbocycles. The first kappa shape index (κ1) is 18.7. The largest absolute Gasteiger partial charge is 0.481 e. The Morgan fingerprint density at radius 3 is 2.97 bits per heavy atom. The third-order valence-electron chi connectivity index (χ3n) is 5.03. The standard InChI is InChI=1S/C20H21N7O2S/c1-12-25-26-20(30-12)10-21-17-9-19(24-16-6-7-22-27(16)17)29-11-13-8-14(13)15-4-3-5-18(23-15)28-2/h3-7,9,13-14,21H,8,10-11H2,1-2H3. The molecule has 154 valence electrons. The van der Waals surface area contributed by atoms with Gasteiger partial charge in [-0.2, -0.15) is 14.6 Å². The third-order valence-corrected chi connectivity index (χ3v) is 5.87. The summed E-state index contributed by atoms with van der Waals surface area (Å²) in [6.45, 7) is 3.10. The number of hydrogen-bond acceptors (Lipinski definition) is 9. The topological polar surface area (TPSA) is 99.4 Å². The molecular formula is C20H21N7O2S. The number of aromatic nitrogens is 6. The summed E-state index contributed by atoms with van der Waals surface area (Å²) in [5, 5.41) is 17.8. The van der Waals surface area contributed by atoms with Crippen LogP contribution in [-0.2, 0) is 6.54 Å². The molecule has 2 unspecified atom stereocenters. The maximum atomic E-state index is 6.04. The lowest BCUT2D eigenvalue weighted by Gasteiger charge is -2.10. The fourth-order valence-electron chi connectivity index (χ4n) is 3.40. The van der Waals surface area contributed by atoms with E-state index in [0.717, 1.165) is 33.6 Å². The highest BCUT2D eigenvalue weighted by Gasteiger charge is 2.40. The predicted octanol–water partition coefficient (Wildman–Crippen LogP) is 3.09. The van der Waals surface area contributed by atoms with Crippen LogP contribution in [0.1, 0.15) is 28.0 Å². The second-order valence-corrected chi connectivity index (χ2v) is 8.43. The number of nitrogens with zero attached hydrogens (tertiary/aromatic N) is 6. The summed E-state index contributed by atoms with van der Waals surface area (Å²) < 4.78 is 13.0. The Morgan fingerprint density at radius 2 is 2.13 bits per heavy atom. The van der Waals surface area contributed by atoms with Crippen LogP contribution in [-0.4, -0.2) is 43.5 Å². The van der Waals surface area contributed by atoms with Crippen LogP contribution in [0.3, 0.4) is 0 Å². The van der Waals surface area contributed by atoms with Crippen molar-refractivity contribution in [1.82, 2.24) is 29.8 Å². The summed E-state index contributed by atoms with van der Waals surface area (Å²) in [6, 6.07) is 9.60. The molecule has 5 rings (SSSR count). The molecule has 0 spiro atoms. The Bertz CT molecular complexity index is 1170. The van der Waals surface area contributed by atoms with Crippen molar-refractivity contribution < 1.29 is 9.47 Å². The van der Waals surface area contributed by atoms with Gasteiger partial charge in [0.2, 0.25) is 11.8 Å². The van der Waals surface area contributed by atoms with Gasteiger partial charge in [-0.25, -0.2) is 4.98 Å². The molecule has 30 heavy (non-hydrogen) atoms. The molecule has 0 saturated heterocycles. The number of pyridine rings is 1. The molecule has 0 aliphatic heterocycles. The second kappa shape index (κ2) is 7.86. The number of hydrogen-bond donors (Lipinski definition) is 1. The van der Waals surface area contributed by atoms with Crippen LogP contribution < -0.4 is 14.8 Å². The van der Waals surface area contributed by atoms with Gasteiger partial charge < -0.3 is 14.8 Å². The number of aryl methyl sites for hydroxylation is 1. The van der Waals surface area contributed by atoms with Crippen LogP contribution in [0.15, 0.2) is 36.5 Å². The van der Waals surface area contributed by atoms with E-state index in [1.165, 1.54) is 0 Å². The molecule has 0 aromatic carbocycles. The van der Waals surface area contributed by atoms with E-state index in [9.17, 15) is 0 Å². The average Bonchev–Trinajstić information content (AvgIpc) is 3.17. The Hall–Kier alpha value is -3.27. The van der Waals surface area contributed by atoms with E-state index in [-0.39, 0.29) is 0 Å². The Balaban J connectivity index is 1.26. The summed E-state index contributed by atoms with van der Waals surface area (Å²) in [5.74, 6) is 2.84. The molecule has 0 bridgehead atoms. The fourth-order valence-corrected chi connectivity index (χ4v) is 4.05. The number of anilines is 1. The van der Waals surface area contributed by atoms with E-state index in [1.54, 1.807) is 29.2 Å². The zero-order valence-corrected chi connectivity index (χ0v) is 17.5. The van der Waals surface area contributed by atoms with Gasteiger partial charge in [-0.3, -0.25) is 0 Å². The summed E-state index contributed by atoms with van der Waals surface area (Å²) in [5.41, 5.74) is 1.78. The molecule has 1 fully saturated rings. The first-order valence-electron chi connectivity index (χ1n) is 9.71. The highest BCUT2D eigenvalue weighted by Crippen LogP contribution is 2.47. The monoisotopic (exact) mass is 423 g/mol. The average molecular weight is 424 g/mol. The summed E-state index contributed by atoms with van der Waals surface area (Å²) in [4.78, 5) is 9.09. The Kier molecular flexibility index (Phi) is 4.91. The minimum Gasteiger partial charge on any atom is -0.481 e. The number of nitrogens with one attached hydrogen (secondary N) is 1. The molecule has 10 heteroatoms. The van der Waals surface area contributed by atoms with Gasteiger partial charge in [-0.15, -0.1) is 10.2 Å². The van der Waals surface area contributed by atoms with Crippen molar-refractivity contribution in [3.8, 4) is 11.8 Å². The van der Waals surface area contributed by atoms with Crippen LogP contribution in [0.25, 0.3) is 5.65 Å². The zero-order chi connectivity index (χ0) is 20.5. The van der Waals surface area contributed by atoms with E-state index in [4.69, 9.17) is 9.47 Å². The van der Waals surface area contributed by atoms with E-state index in [1.807, 2.05) is 37.3 Å². The number of ether oxygens (including phenoxy) is 2. The molecule has 4 heterocycles. The molecule has 4 aromatic heterocycles. The number of rotatable bonds is 8. The normalized spacial score (nSPS) is 17.8. The lowest BCUT2D eigenvalue weighted by Crippen LogP contribution is -2.08. The Labute approximate surface area is 177 Å². The van der Waals surface area contributed by atoms with E-state index in [2.05, 4.69) is 30.6 Å². The summed E-state index contributed by atoms with van der Waals surface area (Å²) in [6.07, 6.45) is 2.77. The highest BCUT2D eigenvalue weighted by atomic mass is 32.1. The summed E-state index contributed by atoms with van der Waals surface area (Å²) >= 11 is 1.57. The molecular weight excluding hydrogens is 402 g/mol. The maximum Gasteiger partial charge on any atom is 0.219 e. The maximum absolute atomic E-state index is 6.04. The number of methoxy groups -OCH3 is 1. The second-order valence-electron chi connectivity index (χ2n) is 7.17. The van der Waals surface area contributed by atoms with Crippen LogP contribution in [0.5, 0.6) is 11.8 Å². The van der Waals surface area contributed by atoms with Gasteiger partial charge in [0.1, 0.15) is 15.8 Å². The first-order chi connectivity index (χ1) is 14.7. The van der Waals surface area contributed by atoms with Gasteiger partial charge >= 0.3 is 0 Å². The van der Waals surface area contributed by atoms with E-state index >= 15 is 0 Å². The lowest BCUT2D eigenvalue weighted by atomic mass is 10.2. The molecule has 2 atom stereocenters. The molecule has 1 N–H and O–H groups in total. The van der Waals surface area contributed by atoms with Gasteiger partial charge in [0.05, 0.1) is 26.5 Å². The van der Waals surface area contributed by atoms with Crippen molar-refractivity contribution >= 4 is 22.8 Å². The molecule has 0 radical (unpaired) electrons. The third kappa shape index (κ3) is 3.90. The van der Waals surface area contributed by atoms with Gasteiger partial charge in [0, 0.05) is 35.7 Å². The van der Waals surface area contributed by atoms with E-state index in [0.29, 0.717) is 36.7 Å². The van der Waals surface area contributed by atoms with Crippen molar-refractivity contribution in [2.75, 3.05) is 19.0 Å². The van der Waals surface area contributed by atoms with Crippen LogP contribution in [0.2, 0.25) is 0 Å². The Morgan fingerprint density at radius 1 is 1.20 bits per heavy atom. The van der Waals surface area contributed by atoms with Crippen molar-refractivity contribution in [3.63, 3.8) is 0 Å². The fraction of sp³-hybridized carbons (Fsp3) is 0.350. The number of fused-ring (bicyclic) bond motifs is 1. The smallest absolute Gasteiger partial charge is 0.219 e. The quantitative estimate of drug-likeness (QED) is 0.462. The minimum absolute atomic E-state index is 0.400.